The Kier molecular flexibility index (Phi) is 4.53. The average molecular weight is 380 g/mol. The van der Waals surface area contributed by atoms with Gasteiger partial charge in [0, 0.05) is 19.3 Å². The molecule has 0 aromatic heterocycles. The highest BCUT2D eigenvalue weighted by Gasteiger charge is 2.63. The van der Waals surface area contributed by atoms with Crippen LogP contribution in [0.25, 0.3) is 0 Å². The van der Waals surface area contributed by atoms with Gasteiger partial charge < -0.3 is 9.47 Å². The van der Waals surface area contributed by atoms with Crippen LogP contribution in [0.3, 0.4) is 0 Å². The van der Waals surface area contributed by atoms with E-state index in [0.29, 0.717) is 23.5 Å². The number of ether oxygens (including phenoxy) is 2. The molecule has 0 heterocycles. The first-order valence-corrected chi connectivity index (χ1v) is 10.3. The van der Waals surface area contributed by atoms with Gasteiger partial charge in [-0.1, -0.05) is 18.9 Å². The molecule has 1 aromatic carbocycles. The maximum Gasteiger partial charge on any atom is 0.308 e. The molecule has 4 nitrogen and oxygen atoms in total. The van der Waals surface area contributed by atoms with E-state index in [0.717, 1.165) is 38.5 Å². The van der Waals surface area contributed by atoms with Crippen LogP contribution in [0.2, 0.25) is 0 Å². The first kappa shape index (κ1) is 19.1. The number of benzene rings is 1. The number of terminal acetylenes is 1. The first-order valence-electron chi connectivity index (χ1n) is 10.3. The lowest BCUT2D eigenvalue weighted by Crippen LogP contribution is -2.52. The zero-order valence-corrected chi connectivity index (χ0v) is 16.9. The molecule has 0 spiro atoms. The van der Waals surface area contributed by atoms with E-state index in [2.05, 4.69) is 18.9 Å². The monoisotopic (exact) mass is 380 g/mol. The third-order valence-corrected chi connectivity index (χ3v) is 7.63. The summed E-state index contributed by atoms with van der Waals surface area (Å²) in [6, 6.07) is 6.08. The van der Waals surface area contributed by atoms with Crippen molar-refractivity contribution in [3.63, 3.8) is 0 Å². The Hall–Kier alpha value is -2.28. The van der Waals surface area contributed by atoms with Crippen LogP contribution in [0.15, 0.2) is 18.2 Å². The predicted molar refractivity (Wildman–Crippen MR) is 106 cm³/mol. The Morgan fingerprint density at radius 3 is 2.61 bits per heavy atom. The van der Waals surface area contributed by atoms with Gasteiger partial charge in [-0.2, -0.15) is 0 Å². The normalized spacial score (nSPS) is 35.7. The molecule has 148 valence electrons. The van der Waals surface area contributed by atoms with Gasteiger partial charge in [0.25, 0.3) is 0 Å². The fraction of sp³-hybridized carbons (Fsp3) is 0.583. The van der Waals surface area contributed by atoms with Gasteiger partial charge in [-0.25, -0.2) is 0 Å². The molecule has 5 atom stereocenters. The van der Waals surface area contributed by atoms with Crippen molar-refractivity contribution in [2.75, 3.05) is 0 Å². The molecule has 4 heteroatoms. The average Bonchev–Trinajstić information content (AvgIpc) is 2.93. The fourth-order valence-electron chi connectivity index (χ4n) is 6.47. The van der Waals surface area contributed by atoms with Crippen LogP contribution < -0.4 is 4.74 Å². The second kappa shape index (κ2) is 6.65. The molecule has 0 radical (unpaired) electrons. The fourth-order valence-corrected chi connectivity index (χ4v) is 6.47. The highest BCUT2D eigenvalue weighted by atomic mass is 16.6. The lowest BCUT2D eigenvalue weighted by molar-refractivity contribution is -0.165. The number of fused-ring (bicyclic) bond motifs is 5. The highest BCUT2D eigenvalue weighted by Crippen LogP contribution is 2.65. The Bertz CT molecular complexity index is 866. The molecule has 2 saturated carbocycles. The maximum atomic E-state index is 11.8. The minimum Gasteiger partial charge on any atom is -0.445 e. The molecule has 1 aromatic rings. The number of rotatable bonds is 2. The Balaban J connectivity index is 1.64. The third-order valence-electron chi connectivity index (χ3n) is 7.63. The van der Waals surface area contributed by atoms with Crippen LogP contribution >= 0.6 is 0 Å². The van der Waals surface area contributed by atoms with E-state index < -0.39 is 5.60 Å². The Morgan fingerprint density at radius 1 is 1.14 bits per heavy atom. The number of carbonyl (C=O) groups excluding carboxylic acids is 2. The van der Waals surface area contributed by atoms with Crippen molar-refractivity contribution in [3.8, 4) is 18.1 Å². The van der Waals surface area contributed by atoms with E-state index in [4.69, 9.17) is 15.9 Å². The van der Waals surface area contributed by atoms with Crippen molar-refractivity contribution in [2.45, 2.75) is 70.8 Å². The summed E-state index contributed by atoms with van der Waals surface area (Å²) in [6.45, 7) is 5.13. The van der Waals surface area contributed by atoms with Crippen LogP contribution in [-0.4, -0.2) is 17.5 Å². The number of hydrogen-bond donors (Lipinski definition) is 0. The van der Waals surface area contributed by atoms with E-state index in [1.807, 2.05) is 12.1 Å². The van der Waals surface area contributed by atoms with Crippen LogP contribution in [0.4, 0.5) is 0 Å². The number of esters is 2. The van der Waals surface area contributed by atoms with Crippen molar-refractivity contribution in [2.24, 2.45) is 17.3 Å². The summed E-state index contributed by atoms with van der Waals surface area (Å²) in [5.41, 5.74) is 1.75. The topological polar surface area (TPSA) is 52.6 Å². The second-order valence-electron chi connectivity index (χ2n) is 8.93. The maximum absolute atomic E-state index is 11.8. The summed E-state index contributed by atoms with van der Waals surface area (Å²) in [4.78, 5) is 23.0. The van der Waals surface area contributed by atoms with E-state index in [1.54, 1.807) is 0 Å². The molecule has 0 N–H and O–H groups in total. The Morgan fingerprint density at radius 2 is 1.93 bits per heavy atom. The molecule has 3 aliphatic carbocycles. The molecule has 4 rings (SSSR count). The summed E-state index contributed by atoms with van der Waals surface area (Å²) in [6.07, 6.45) is 11.8. The molecule has 2 fully saturated rings. The molecule has 3 aliphatic rings. The minimum atomic E-state index is -0.770. The predicted octanol–water partition coefficient (Wildman–Crippen LogP) is 4.40. The van der Waals surface area contributed by atoms with Gasteiger partial charge >= 0.3 is 11.9 Å². The van der Waals surface area contributed by atoms with Gasteiger partial charge in [-0.3, -0.25) is 9.59 Å². The van der Waals surface area contributed by atoms with Crippen molar-refractivity contribution < 1.29 is 19.1 Å². The van der Waals surface area contributed by atoms with Gasteiger partial charge in [0.2, 0.25) is 0 Å². The van der Waals surface area contributed by atoms with E-state index in [1.165, 1.54) is 25.0 Å². The molecule has 0 aliphatic heterocycles. The van der Waals surface area contributed by atoms with E-state index in [-0.39, 0.29) is 17.4 Å². The van der Waals surface area contributed by atoms with Gasteiger partial charge in [0.1, 0.15) is 5.75 Å². The first-order chi connectivity index (χ1) is 13.3. The summed E-state index contributed by atoms with van der Waals surface area (Å²) >= 11 is 0. The lowest BCUT2D eigenvalue weighted by atomic mass is 9.53. The molecular formula is C24H28O4. The second-order valence-corrected chi connectivity index (χ2v) is 8.93. The summed E-state index contributed by atoms with van der Waals surface area (Å²) in [7, 11) is 0. The Labute approximate surface area is 167 Å². The molecule has 3 unspecified atom stereocenters. The van der Waals surface area contributed by atoms with Gasteiger partial charge in [0.15, 0.2) is 5.60 Å². The van der Waals surface area contributed by atoms with Gasteiger partial charge in [0.05, 0.1) is 0 Å². The molecule has 28 heavy (non-hydrogen) atoms. The van der Waals surface area contributed by atoms with E-state index in [9.17, 15) is 9.59 Å². The molecule has 0 bridgehead atoms. The molecule has 0 saturated heterocycles. The quantitative estimate of drug-likeness (QED) is 0.433. The lowest BCUT2D eigenvalue weighted by Gasteiger charge is -2.52. The van der Waals surface area contributed by atoms with Crippen molar-refractivity contribution in [1.29, 1.82) is 0 Å². The highest BCUT2D eigenvalue weighted by molar-refractivity contribution is 5.69. The van der Waals surface area contributed by atoms with Crippen molar-refractivity contribution in [1.82, 2.24) is 0 Å². The largest absolute Gasteiger partial charge is 0.445 e. The van der Waals surface area contributed by atoms with Crippen molar-refractivity contribution >= 4 is 11.9 Å². The summed E-state index contributed by atoms with van der Waals surface area (Å²) < 4.78 is 11.1. The van der Waals surface area contributed by atoms with Crippen LogP contribution in [0, 0.1) is 29.6 Å². The van der Waals surface area contributed by atoms with E-state index >= 15 is 0 Å². The van der Waals surface area contributed by atoms with Crippen LogP contribution in [0.1, 0.15) is 69.9 Å². The minimum absolute atomic E-state index is 0.163. The standard InChI is InChI=1S/C24H28O4/c1-5-24(28-16(3)26)13-11-22-21-8-6-17-14-18(27-15(2)25)7-9-19(17)20(21)10-12-23(22,24)4/h1,7,9,14,20-22H,6,8,10-13H2,2-4H3/t20?,21?,22?,23-,24-/m0/s1. The summed E-state index contributed by atoms with van der Waals surface area (Å²) in [5.74, 6) is 4.47. The van der Waals surface area contributed by atoms with Crippen molar-refractivity contribution in [3.05, 3.63) is 29.3 Å². The zero-order valence-electron chi connectivity index (χ0n) is 16.9. The van der Waals surface area contributed by atoms with Gasteiger partial charge in [-0.05, 0) is 79.5 Å². The summed E-state index contributed by atoms with van der Waals surface area (Å²) in [5, 5.41) is 0. The van der Waals surface area contributed by atoms with Crippen LogP contribution in [-0.2, 0) is 20.7 Å². The van der Waals surface area contributed by atoms with Gasteiger partial charge in [-0.15, -0.1) is 6.42 Å². The number of carbonyl (C=O) groups is 2. The SMILES string of the molecule is C#C[C@]1(OC(C)=O)CCC2C3CCc4cc(OC(C)=O)ccc4C3CC[C@@]21C. The zero-order chi connectivity index (χ0) is 20.1. The molecular weight excluding hydrogens is 352 g/mol. The smallest absolute Gasteiger partial charge is 0.308 e. The third kappa shape index (κ3) is 2.75. The number of aryl methyl sites for hydroxylation is 1. The number of hydrogen-bond acceptors (Lipinski definition) is 4. The molecule has 0 amide bonds. The van der Waals surface area contributed by atoms with Crippen LogP contribution in [0.5, 0.6) is 5.75 Å².